The van der Waals surface area contributed by atoms with Gasteiger partial charge in [0.25, 0.3) is 0 Å². The molecule has 0 spiro atoms. The standard InChI is InChI=1S/C35H28N3O2.Pt/c1-23-20-24(2)32(25(3)21-23)35-34(28-13-9-15-30-33(28)27-12-7-8-14-29(27)39-30)36-31(40-35)16-17-37-18-19-38(22-37)26-10-5-4-6-11-26;/h4-10,12,14-15,18-22H,16-17H2,1-3H3;/q-3;. The molecule has 0 atom stereocenters. The van der Waals surface area contributed by atoms with Crippen molar-refractivity contribution in [2.75, 3.05) is 11.4 Å². The molecular weight excluding hydrogens is 689 g/mol. The Morgan fingerprint density at radius 1 is 0.854 bits per heavy atom. The van der Waals surface area contributed by atoms with Crippen LogP contribution in [0, 0.1) is 39.6 Å². The summed E-state index contributed by atoms with van der Waals surface area (Å²) in [7, 11) is 0. The zero-order valence-electron chi connectivity index (χ0n) is 23.0. The Labute approximate surface area is 254 Å². The Balaban J connectivity index is 0.00000302. The van der Waals surface area contributed by atoms with Crippen LogP contribution in [-0.2, 0) is 27.5 Å². The molecule has 208 valence electrons. The van der Waals surface area contributed by atoms with Crippen LogP contribution in [0.5, 0.6) is 0 Å². The number of aryl methyl sites for hydroxylation is 3. The molecule has 0 bridgehead atoms. The molecule has 1 aliphatic heterocycles. The van der Waals surface area contributed by atoms with Crippen molar-refractivity contribution in [2.45, 2.75) is 27.2 Å². The van der Waals surface area contributed by atoms with Gasteiger partial charge < -0.3 is 18.6 Å². The van der Waals surface area contributed by atoms with Crippen LogP contribution in [0.25, 0.3) is 44.5 Å². The van der Waals surface area contributed by atoms with E-state index in [9.17, 15) is 0 Å². The van der Waals surface area contributed by atoms with E-state index in [0.29, 0.717) is 12.3 Å². The SMILES string of the molecule is Cc1cc(C)c(-c2oc(CCN3C=CN(c4[c-]cccc4)[CH-]3)nc2-c2[c-]ccc3oc4ccccc4c23)c(C)c1.[Pt]. The average molecular weight is 718 g/mol. The van der Waals surface area contributed by atoms with Crippen LogP contribution in [0.15, 0.2) is 94.0 Å². The number of anilines is 1. The maximum absolute atomic E-state index is 6.62. The Bertz CT molecular complexity index is 1860. The molecule has 0 radical (unpaired) electrons. The number of para-hydroxylation sites is 2. The average Bonchev–Trinajstić information content (AvgIpc) is 3.69. The van der Waals surface area contributed by atoms with E-state index in [4.69, 9.17) is 13.8 Å². The van der Waals surface area contributed by atoms with Gasteiger partial charge in [-0.2, -0.15) is 37.0 Å². The molecule has 6 aromatic rings. The fraction of sp³-hybridized carbons (Fsp3) is 0.143. The van der Waals surface area contributed by atoms with E-state index in [1.807, 2.05) is 60.8 Å². The van der Waals surface area contributed by atoms with Crippen molar-refractivity contribution >= 4 is 27.6 Å². The van der Waals surface area contributed by atoms with Gasteiger partial charge in [-0.15, -0.1) is 23.4 Å². The summed E-state index contributed by atoms with van der Waals surface area (Å²) in [5.74, 6) is 1.47. The summed E-state index contributed by atoms with van der Waals surface area (Å²) in [5, 5.41) is 2.05. The minimum Gasteiger partial charge on any atom is -0.507 e. The number of benzene rings is 4. The molecule has 2 aromatic heterocycles. The summed E-state index contributed by atoms with van der Waals surface area (Å²) in [4.78, 5) is 9.31. The normalized spacial score (nSPS) is 13.0. The van der Waals surface area contributed by atoms with E-state index < -0.39 is 0 Å². The van der Waals surface area contributed by atoms with Crippen molar-refractivity contribution in [2.24, 2.45) is 0 Å². The smallest absolute Gasteiger partial charge is 0.186 e. The van der Waals surface area contributed by atoms with Crippen LogP contribution < -0.4 is 4.90 Å². The van der Waals surface area contributed by atoms with Gasteiger partial charge in [0, 0.05) is 38.7 Å². The summed E-state index contributed by atoms with van der Waals surface area (Å²) in [6.07, 6.45) is 4.75. The molecule has 6 heteroatoms. The molecule has 0 saturated carbocycles. The second-order valence-electron chi connectivity index (χ2n) is 10.3. The van der Waals surface area contributed by atoms with Gasteiger partial charge in [-0.1, -0.05) is 47.3 Å². The molecule has 41 heavy (non-hydrogen) atoms. The largest absolute Gasteiger partial charge is 0.507 e. The summed E-state index contributed by atoms with van der Waals surface area (Å²) in [5.41, 5.74) is 8.99. The number of furan rings is 1. The van der Waals surface area contributed by atoms with Crippen LogP contribution in [-0.4, -0.2) is 16.4 Å². The predicted molar refractivity (Wildman–Crippen MR) is 159 cm³/mol. The molecule has 0 fully saturated rings. The minimum absolute atomic E-state index is 0. The molecule has 3 heterocycles. The molecular formula is C35H28N3O2Pt-3. The zero-order chi connectivity index (χ0) is 27.2. The molecule has 7 rings (SSSR count). The summed E-state index contributed by atoms with van der Waals surface area (Å²) < 4.78 is 12.8. The second-order valence-corrected chi connectivity index (χ2v) is 10.3. The van der Waals surface area contributed by atoms with Crippen molar-refractivity contribution in [3.8, 4) is 22.6 Å². The van der Waals surface area contributed by atoms with Crippen molar-refractivity contribution in [1.29, 1.82) is 0 Å². The third-order valence-corrected chi connectivity index (χ3v) is 7.39. The van der Waals surface area contributed by atoms with Gasteiger partial charge in [-0.05, 0) is 62.3 Å². The molecule has 0 aliphatic carbocycles. The van der Waals surface area contributed by atoms with Crippen molar-refractivity contribution in [3.05, 3.63) is 127 Å². The first kappa shape index (κ1) is 27.1. The molecule has 0 saturated heterocycles. The summed E-state index contributed by atoms with van der Waals surface area (Å²) in [6, 6.07) is 31.1. The summed E-state index contributed by atoms with van der Waals surface area (Å²) >= 11 is 0. The van der Waals surface area contributed by atoms with Gasteiger partial charge in [0.05, 0.1) is 5.58 Å². The Hall–Kier alpha value is -4.08. The number of hydrogen-bond donors (Lipinski definition) is 0. The molecule has 0 N–H and O–H groups in total. The number of oxazole rings is 1. The van der Waals surface area contributed by atoms with E-state index >= 15 is 0 Å². The molecule has 0 amide bonds. The minimum atomic E-state index is 0. The fourth-order valence-electron chi connectivity index (χ4n) is 5.69. The van der Waals surface area contributed by atoms with Gasteiger partial charge >= 0.3 is 0 Å². The molecule has 5 nitrogen and oxygen atoms in total. The van der Waals surface area contributed by atoms with E-state index in [1.54, 1.807) is 0 Å². The van der Waals surface area contributed by atoms with E-state index in [2.05, 4.69) is 73.8 Å². The van der Waals surface area contributed by atoms with Crippen LogP contribution in [0.3, 0.4) is 0 Å². The monoisotopic (exact) mass is 717 g/mol. The third-order valence-electron chi connectivity index (χ3n) is 7.39. The van der Waals surface area contributed by atoms with Crippen LogP contribution in [0.1, 0.15) is 22.6 Å². The van der Waals surface area contributed by atoms with Gasteiger partial charge in [-0.25, -0.2) is 0 Å². The van der Waals surface area contributed by atoms with Crippen molar-refractivity contribution < 1.29 is 29.9 Å². The van der Waals surface area contributed by atoms with Gasteiger partial charge in [0.2, 0.25) is 0 Å². The van der Waals surface area contributed by atoms with E-state index in [1.165, 1.54) is 5.56 Å². The zero-order valence-corrected chi connectivity index (χ0v) is 25.3. The number of fused-ring (bicyclic) bond motifs is 3. The number of nitrogens with zero attached hydrogens (tertiary/aromatic N) is 3. The first-order valence-corrected chi connectivity index (χ1v) is 13.5. The maximum Gasteiger partial charge on any atom is 0.186 e. The number of aromatic nitrogens is 1. The third kappa shape index (κ3) is 5.00. The second kappa shape index (κ2) is 11.1. The fourth-order valence-corrected chi connectivity index (χ4v) is 5.69. The van der Waals surface area contributed by atoms with E-state index in [-0.39, 0.29) is 21.1 Å². The number of rotatable bonds is 6. The maximum atomic E-state index is 6.62. The van der Waals surface area contributed by atoms with Crippen molar-refractivity contribution in [1.82, 2.24) is 9.88 Å². The van der Waals surface area contributed by atoms with Crippen LogP contribution >= 0.6 is 0 Å². The van der Waals surface area contributed by atoms with Gasteiger partial charge in [0.15, 0.2) is 5.89 Å². The molecule has 4 aromatic carbocycles. The Kier molecular flexibility index (Phi) is 7.31. The topological polar surface area (TPSA) is 45.7 Å². The Morgan fingerprint density at radius 3 is 2.46 bits per heavy atom. The van der Waals surface area contributed by atoms with E-state index in [0.717, 1.165) is 67.9 Å². The predicted octanol–water partition coefficient (Wildman–Crippen LogP) is 8.39. The van der Waals surface area contributed by atoms with Crippen molar-refractivity contribution in [3.63, 3.8) is 0 Å². The molecule has 1 aliphatic rings. The summed E-state index contributed by atoms with van der Waals surface area (Å²) in [6.45, 7) is 9.19. The first-order chi connectivity index (χ1) is 19.5. The Morgan fingerprint density at radius 2 is 1.66 bits per heavy atom. The van der Waals surface area contributed by atoms with Gasteiger partial charge in [0.1, 0.15) is 11.3 Å². The van der Waals surface area contributed by atoms with Crippen LogP contribution in [0.4, 0.5) is 5.69 Å². The molecule has 0 unspecified atom stereocenters. The van der Waals surface area contributed by atoms with Gasteiger partial charge in [-0.3, -0.25) is 4.98 Å². The van der Waals surface area contributed by atoms with Crippen LogP contribution in [0.2, 0.25) is 0 Å². The number of hydrogen-bond acceptors (Lipinski definition) is 5. The quantitative estimate of drug-likeness (QED) is 0.162. The first-order valence-electron chi connectivity index (χ1n) is 13.5.